The van der Waals surface area contributed by atoms with Crippen LogP contribution >= 0.6 is 0 Å². The smallest absolute Gasteiger partial charge is 0.224 e. The number of carbonyl (C=O) groups excluding carboxylic acids is 1. The second-order valence-corrected chi connectivity index (χ2v) is 7.57. The largest absolute Gasteiger partial charge is 0.493 e. The molecule has 186 valence electrons. The fourth-order valence-corrected chi connectivity index (χ4v) is 3.50. The number of benzene rings is 2. The number of amides is 1. The van der Waals surface area contributed by atoms with Gasteiger partial charge >= 0.3 is 0 Å². The van der Waals surface area contributed by atoms with Crippen molar-refractivity contribution in [2.45, 2.75) is 18.9 Å². The van der Waals surface area contributed by atoms with Gasteiger partial charge < -0.3 is 44.5 Å². The molecule has 0 aliphatic carbocycles. The number of hydrogen-bond acceptors (Lipinski definition) is 9. The molecular formula is C24H32N2O8. The Morgan fingerprint density at radius 3 is 2.50 bits per heavy atom. The zero-order valence-corrected chi connectivity index (χ0v) is 19.5. The molecule has 1 heterocycles. The van der Waals surface area contributed by atoms with Gasteiger partial charge in [0.15, 0.2) is 11.5 Å². The molecule has 2 aromatic rings. The van der Waals surface area contributed by atoms with Crippen molar-refractivity contribution < 1.29 is 38.7 Å². The zero-order chi connectivity index (χ0) is 24.3. The summed E-state index contributed by atoms with van der Waals surface area (Å²) < 4.78 is 27.5. The minimum atomic E-state index is -0.736. The van der Waals surface area contributed by atoms with E-state index in [4.69, 9.17) is 28.8 Å². The third kappa shape index (κ3) is 6.89. The third-order valence-corrected chi connectivity index (χ3v) is 5.16. The van der Waals surface area contributed by atoms with E-state index in [0.717, 1.165) is 5.56 Å². The lowest BCUT2D eigenvalue weighted by atomic mass is 10.0. The molecule has 1 amide bonds. The summed E-state index contributed by atoms with van der Waals surface area (Å²) in [6, 6.07) is 8.77. The maximum absolute atomic E-state index is 11.8. The number of anilines is 1. The van der Waals surface area contributed by atoms with Crippen LogP contribution in [0.15, 0.2) is 30.3 Å². The van der Waals surface area contributed by atoms with Crippen LogP contribution in [-0.4, -0.2) is 76.0 Å². The topological polar surface area (TPSA) is 128 Å². The van der Waals surface area contributed by atoms with Crippen molar-refractivity contribution in [3.8, 4) is 28.7 Å². The van der Waals surface area contributed by atoms with E-state index in [9.17, 15) is 9.90 Å². The van der Waals surface area contributed by atoms with Crippen LogP contribution in [0.2, 0.25) is 0 Å². The van der Waals surface area contributed by atoms with Crippen molar-refractivity contribution in [3.63, 3.8) is 0 Å². The van der Waals surface area contributed by atoms with Crippen LogP contribution in [0.5, 0.6) is 28.7 Å². The number of carbonyl (C=O) groups is 1. The van der Waals surface area contributed by atoms with Crippen molar-refractivity contribution in [2.24, 2.45) is 0 Å². The van der Waals surface area contributed by atoms with Crippen LogP contribution in [0.1, 0.15) is 12.0 Å². The Bertz CT molecular complexity index is 953. The quantitative estimate of drug-likeness (QED) is 0.299. The van der Waals surface area contributed by atoms with E-state index >= 15 is 0 Å². The summed E-state index contributed by atoms with van der Waals surface area (Å²) in [7, 11) is 3.14. The Balaban J connectivity index is 1.43. The van der Waals surface area contributed by atoms with Crippen molar-refractivity contribution >= 4 is 11.6 Å². The Morgan fingerprint density at radius 2 is 1.74 bits per heavy atom. The number of aliphatic hydroxyl groups excluding tert-OH is 2. The summed E-state index contributed by atoms with van der Waals surface area (Å²) in [6.45, 7) is 1.35. The predicted octanol–water partition coefficient (Wildman–Crippen LogP) is 1.37. The van der Waals surface area contributed by atoms with E-state index in [1.165, 1.54) is 0 Å². The summed E-state index contributed by atoms with van der Waals surface area (Å²) >= 11 is 0. The van der Waals surface area contributed by atoms with E-state index in [0.29, 0.717) is 67.0 Å². The van der Waals surface area contributed by atoms with Crippen LogP contribution in [0.25, 0.3) is 0 Å². The minimum absolute atomic E-state index is 0.0841. The number of nitrogens with one attached hydrogen (secondary N) is 2. The highest BCUT2D eigenvalue weighted by molar-refractivity contribution is 5.96. The van der Waals surface area contributed by atoms with Gasteiger partial charge in [-0.25, -0.2) is 0 Å². The van der Waals surface area contributed by atoms with Gasteiger partial charge in [-0.2, -0.15) is 0 Å². The van der Waals surface area contributed by atoms with Gasteiger partial charge in [0.25, 0.3) is 0 Å². The number of ether oxygens (including phenoxy) is 5. The molecule has 0 fully saturated rings. The molecule has 0 bridgehead atoms. The van der Waals surface area contributed by atoms with E-state index in [1.54, 1.807) is 44.6 Å². The van der Waals surface area contributed by atoms with Gasteiger partial charge in [-0.3, -0.25) is 4.79 Å². The van der Waals surface area contributed by atoms with Crippen molar-refractivity contribution in [3.05, 3.63) is 35.9 Å². The molecule has 10 nitrogen and oxygen atoms in total. The highest BCUT2D eigenvalue weighted by Gasteiger charge is 2.23. The maximum Gasteiger partial charge on any atom is 0.224 e. The highest BCUT2D eigenvalue weighted by atomic mass is 16.5. The molecule has 0 spiro atoms. The van der Waals surface area contributed by atoms with Crippen LogP contribution in [0.4, 0.5) is 5.69 Å². The lowest BCUT2D eigenvalue weighted by Crippen LogP contribution is -2.33. The van der Waals surface area contributed by atoms with E-state index < -0.39 is 6.10 Å². The monoisotopic (exact) mass is 476 g/mol. The second-order valence-electron chi connectivity index (χ2n) is 7.57. The average Bonchev–Trinajstić information content (AvgIpc) is 2.85. The van der Waals surface area contributed by atoms with E-state index in [2.05, 4.69) is 10.6 Å². The van der Waals surface area contributed by atoms with Crippen LogP contribution in [0, 0.1) is 0 Å². The lowest BCUT2D eigenvalue weighted by Gasteiger charge is -2.23. The summed E-state index contributed by atoms with van der Waals surface area (Å²) in [5.41, 5.74) is 1.38. The van der Waals surface area contributed by atoms with Crippen molar-refractivity contribution in [1.29, 1.82) is 0 Å². The summed E-state index contributed by atoms with van der Waals surface area (Å²) in [6.07, 6.45) is 0.117. The molecule has 1 aliphatic rings. The third-order valence-electron chi connectivity index (χ3n) is 5.16. The Kier molecular flexibility index (Phi) is 9.62. The Hall–Kier alpha value is -3.21. The normalized spacial score (nSPS) is 13.5. The van der Waals surface area contributed by atoms with Gasteiger partial charge in [-0.05, 0) is 30.7 Å². The molecule has 1 atom stereocenters. The number of fused-ring (bicyclic) bond motifs is 1. The Labute approximate surface area is 198 Å². The molecule has 34 heavy (non-hydrogen) atoms. The number of hydrogen-bond donors (Lipinski definition) is 4. The first-order valence-corrected chi connectivity index (χ1v) is 11.1. The second kappa shape index (κ2) is 12.9. The molecule has 1 aliphatic heterocycles. The first-order valence-electron chi connectivity index (χ1n) is 11.1. The van der Waals surface area contributed by atoms with Gasteiger partial charge in [0.1, 0.15) is 43.2 Å². The van der Waals surface area contributed by atoms with Crippen molar-refractivity contribution in [1.82, 2.24) is 5.32 Å². The van der Waals surface area contributed by atoms with Gasteiger partial charge in [0, 0.05) is 31.1 Å². The fourth-order valence-electron chi connectivity index (χ4n) is 3.50. The summed E-state index contributed by atoms with van der Waals surface area (Å²) in [4.78, 5) is 11.8. The molecule has 0 aromatic heterocycles. The summed E-state index contributed by atoms with van der Waals surface area (Å²) in [5.74, 6) is 2.86. The van der Waals surface area contributed by atoms with Crippen LogP contribution in [0.3, 0.4) is 0 Å². The molecule has 10 heteroatoms. The van der Waals surface area contributed by atoms with Gasteiger partial charge in [0.05, 0.1) is 26.5 Å². The lowest BCUT2D eigenvalue weighted by molar-refractivity contribution is -0.116. The SMILES string of the molecule is COc1ccc(OCCNCC(O)COc2ccc(OCCO)c3c2CCC(=O)N3)cc1OC. The van der Waals surface area contributed by atoms with Gasteiger partial charge in [0.2, 0.25) is 5.91 Å². The van der Waals surface area contributed by atoms with Gasteiger partial charge in [-0.1, -0.05) is 0 Å². The highest BCUT2D eigenvalue weighted by Crippen LogP contribution is 2.39. The molecule has 4 N–H and O–H groups in total. The van der Waals surface area contributed by atoms with Crippen LogP contribution < -0.4 is 34.3 Å². The fraction of sp³-hybridized carbons (Fsp3) is 0.458. The molecule has 3 rings (SSSR count). The molecule has 2 aromatic carbocycles. The average molecular weight is 477 g/mol. The van der Waals surface area contributed by atoms with Gasteiger partial charge in [-0.15, -0.1) is 0 Å². The number of rotatable bonds is 14. The Morgan fingerprint density at radius 1 is 0.971 bits per heavy atom. The molecule has 0 saturated heterocycles. The molecule has 0 saturated carbocycles. The number of aliphatic hydroxyl groups is 2. The molecular weight excluding hydrogens is 444 g/mol. The minimum Gasteiger partial charge on any atom is -0.493 e. The number of methoxy groups -OCH3 is 2. The predicted molar refractivity (Wildman–Crippen MR) is 125 cm³/mol. The first-order chi connectivity index (χ1) is 16.5. The van der Waals surface area contributed by atoms with Crippen LogP contribution in [-0.2, 0) is 11.2 Å². The molecule has 1 unspecified atom stereocenters. The maximum atomic E-state index is 11.8. The van der Waals surface area contributed by atoms with Crippen molar-refractivity contribution in [2.75, 3.05) is 59.1 Å². The van der Waals surface area contributed by atoms with E-state index in [-0.39, 0.29) is 25.7 Å². The summed E-state index contributed by atoms with van der Waals surface area (Å²) in [5, 5.41) is 25.2. The standard InChI is InChI=1S/C24H32N2O8/c1-30-20-5-3-17(13-22(20)31-2)32-11-9-25-14-16(28)15-34-19-6-7-21(33-12-10-27)24-18(19)4-8-23(29)26-24/h3,5-7,13,16,25,27-28H,4,8-12,14-15H2,1-2H3,(H,26,29). The molecule has 0 radical (unpaired) electrons. The van der Waals surface area contributed by atoms with E-state index in [1.807, 2.05) is 0 Å². The zero-order valence-electron chi connectivity index (χ0n) is 19.5. The first kappa shape index (κ1) is 25.4.